The Morgan fingerprint density at radius 2 is 1.90 bits per heavy atom. The molecule has 4 N–H and O–H groups in total. The Balaban J connectivity index is 0. The van der Waals surface area contributed by atoms with Crippen LogP contribution in [0.2, 0.25) is 0 Å². The van der Waals surface area contributed by atoms with Crippen molar-refractivity contribution in [2.75, 3.05) is 0 Å². The summed E-state index contributed by atoms with van der Waals surface area (Å²) in [4.78, 5) is 10.4. The fourth-order valence-corrected chi connectivity index (χ4v) is 0.475. The lowest BCUT2D eigenvalue weighted by Gasteiger charge is -2.22. The van der Waals surface area contributed by atoms with Crippen LogP contribution in [0.5, 0.6) is 0 Å². The van der Waals surface area contributed by atoms with Crippen molar-refractivity contribution in [1.29, 1.82) is 0 Å². The summed E-state index contributed by atoms with van der Waals surface area (Å²) in [5.41, 5.74) is 10.3. The van der Waals surface area contributed by atoms with E-state index in [4.69, 9.17) is 11.5 Å². The van der Waals surface area contributed by atoms with Gasteiger partial charge >= 0.3 is 0 Å². The number of nitrogens with two attached hydrogens (primary N) is 2. The van der Waals surface area contributed by atoms with Crippen LogP contribution in [0.15, 0.2) is 0 Å². The van der Waals surface area contributed by atoms with Crippen LogP contribution >= 0.6 is 25.0 Å². The van der Waals surface area contributed by atoms with E-state index in [-0.39, 0.29) is 12.4 Å². The van der Waals surface area contributed by atoms with E-state index < -0.39 is 16.7 Å². The largest absolute Gasteiger partial charge is 0.368 e. The topological polar surface area (TPSA) is 69.1 Å². The molecular weight excluding hydrogens is 172 g/mol. The number of carbonyl (C=O) groups excluding carboxylic acids is 1. The Bertz CT molecular complexity index is 123. The SMILES string of the molecule is CC(C)(S)[C@H](N)C(N)=O.Cl. The van der Waals surface area contributed by atoms with Gasteiger partial charge in [0.2, 0.25) is 5.91 Å². The Hall–Kier alpha value is 0.0700. The summed E-state index contributed by atoms with van der Waals surface area (Å²) >= 11 is 4.06. The first-order valence-electron chi connectivity index (χ1n) is 2.63. The highest BCUT2D eigenvalue weighted by molar-refractivity contribution is 7.81. The van der Waals surface area contributed by atoms with Crippen molar-refractivity contribution in [3.05, 3.63) is 0 Å². The second-order valence-corrected chi connectivity index (χ2v) is 3.69. The molecule has 0 spiro atoms. The van der Waals surface area contributed by atoms with Gasteiger partial charge in [0.25, 0.3) is 0 Å². The first-order chi connectivity index (χ1) is 3.85. The molecule has 0 radical (unpaired) electrons. The van der Waals surface area contributed by atoms with Crippen LogP contribution in [-0.4, -0.2) is 16.7 Å². The van der Waals surface area contributed by atoms with Crippen LogP contribution in [0.1, 0.15) is 13.8 Å². The molecule has 0 aliphatic heterocycles. The van der Waals surface area contributed by atoms with E-state index in [9.17, 15) is 4.79 Å². The molecule has 0 heterocycles. The van der Waals surface area contributed by atoms with Gasteiger partial charge in [0.1, 0.15) is 0 Å². The molecule has 0 bridgehead atoms. The number of amides is 1. The first kappa shape index (κ1) is 12.7. The van der Waals surface area contributed by atoms with Gasteiger partial charge in [-0.15, -0.1) is 12.4 Å². The fraction of sp³-hybridized carbons (Fsp3) is 0.800. The van der Waals surface area contributed by atoms with E-state index in [1.165, 1.54) is 0 Å². The van der Waals surface area contributed by atoms with E-state index in [1.54, 1.807) is 13.8 Å². The number of thiol groups is 1. The lowest BCUT2D eigenvalue weighted by Crippen LogP contribution is -2.48. The highest BCUT2D eigenvalue weighted by Crippen LogP contribution is 2.14. The molecule has 0 aromatic carbocycles. The van der Waals surface area contributed by atoms with E-state index >= 15 is 0 Å². The fourth-order valence-electron chi connectivity index (χ4n) is 0.348. The summed E-state index contributed by atoms with van der Waals surface area (Å²) in [6.07, 6.45) is 0. The molecule has 0 fully saturated rings. The molecule has 5 heteroatoms. The predicted molar refractivity (Wildman–Crippen MR) is 47.5 cm³/mol. The van der Waals surface area contributed by atoms with Crippen LogP contribution in [0.25, 0.3) is 0 Å². The van der Waals surface area contributed by atoms with Gasteiger partial charge < -0.3 is 11.5 Å². The maximum absolute atomic E-state index is 10.4. The third-order valence-corrected chi connectivity index (χ3v) is 1.35. The predicted octanol–water partition coefficient (Wildman–Crippen LogP) is -0.0708. The second kappa shape index (κ2) is 4.05. The van der Waals surface area contributed by atoms with E-state index in [2.05, 4.69) is 12.6 Å². The molecule has 0 saturated carbocycles. The Labute approximate surface area is 72.3 Å². The third-order valence-electron chi connectivity index (χ3n) is 1.07. The number of hydrogen-bond acceptors (Lipinski definition) is 3. The van der Waals surface area contributed by atoms with Gasteiger partial charge in [-0.2, -0.15) is 12.6 Å². The molecule has 1 amide bonds. The smallest absolute Gasteiger partial charge is 0.235 e. The number of primary amides is 1. The van der Waals surface area contributed by atoms with Gasteiger partial charge in [-0.1, -0.05) is 0 Å². The van der Waals surface area contributed by atoms with Crippen molar-refractivity contribution < 1.29 is 4.79 Å². The lowest BCUT2D eigenvalue weighted by atomic mass is 10.0. The van der Waals surface area contributed by atoms with Crippen LogP contribution in [0, 0.1) is 0 Å². The minimum absolute atomic E-state index is 0. The summed E-state index contributed by atoms with van der Waals surface area (Å²) in [6, 6.07) is -0.680. The molecule has 62 valence electrons. The molecule has 1 atom stereocenters. The normalized spacial score (nSPS) is 13.6. The standard InChI is InChI=1S/C5H12N2OS.ClH/c1-5(2,9)3(6)4(7)8;/h3,9H,6H2,1-2H3,(H2,7,8);1H/t3-;/m1./s1. The third kappa shape index (κ3) is 3.98. The second-order valence-electron chi connectivity index (χ2n) is 2.53. The number of hydrogen-bond donors (Lipinski definition) is 3. The van der Waals surface area contributed by atoms with Crippen molar-refractivity contribution >= 4 is 30.9 Å². The first-order valence-corrected chi connectivity index (χ1v) is 3.07. The zero-order valence-corrected chi connectivity index (χ0v) is 7.71. The van der Waals surface area contributed by atoms with Gasteiger partial charge in [0, 0.05) is 4.75 Å². The van der Waals surface area contributed by atoms with E-state index in [0.29, 0.717) is 0 Å². The van der Waals surface area contributed by atoms with Gasteiger partial charge in [0.05, 0.1) is 6.04 Å². The molecule has 0 aliphatic carbocycles. The van der Waals surface area contributed by atoms with Gasteiger partial charge in [-0.05, 0) is 13.8 Å². The molecule has 0 aliphatic rings. The van der Waals surface area contributed by atoms with Crippen molar-refractivity contribution in [3.63, 3.8) is 0 Å². The average Bonchev–Trinajstić information content (AvgIpc) is 1.62. The van der Waals surface area contributed by atoms with Gasteiger partial charge in [-0.25, -0.2) is 0 Å². The molecule has 0 aromatic rings. The molecule has 3 nitrogen and oxygen atoms in total. The lowest BCUT2D eigenvalue weighted by molar-refractivity contribution is -0.119. The monoisotopic (exact) mass is 184 g/mol. The Morgan fingerprint density at radius 1 is 1.60 bits per heavy atom. The van der Waals surface area contributed by atoms with Crippen molar-refractivity contribution in [2.45, 2.75) is 24.6 Å². The van der Waals surface area contributed by atoms with Crippen molar-refractivity contribution in [2.24, 2.45) is 11.5 Å². The van der Waals surface area contributed by atoms with Crippen LogP contribution in [0.4, 0.5) is 0 Å². The van der Waals surface area contributed by atoms with Crippen LogP contribution in [0.3, 0.4) is 0 Å². The molecule has 0 rings (SSSR count). The highest BCUT2D eigenvalue weighted by Gasteiger charge is 2.25. The average molecular weight is 185 g/mol. The maximum atomic E-state index is 10.4. The molecule has 0 aromatic heterocycles. The molecular formula is C5H13ClN2OS. The zero-order valence-electron chi connectivity index (χ0n) is 6.00. The van der Waals surface area contributed by atoms with E-state index in [1.807, 2.05) is 0 Å². The van der Waals surface area contributed by atoms with Crippen molar-refractivity contribution in [3.8, 4) is 0 Å². The van der Waals surface area contributed by atoms with Crippen LogP contribution in [-0.2, 0) is 4.79 Å². The quantitative estimate of drug-likeness (QED) is 0.526. The van der Waals surface area contributed by atoms with Crippen molar-refractivity contribution in [1.82, 2.24) is 0 Å². The van der Waals surface area contributed by atoms with Gasteiger partial charge in [0.15, 0.2) is 0 Å². The van der Waals surface area contributed by atoms with Crippen LogP contribution < -0.4 is 11.5 Å². The molecule has 10 heavy (non-hydrogen) atoms. The molecule has 0 unspecified atom stereocenters. The Kier molecular flexibility index (Phi) is 5.16. The minimum Gasteiger partial charge on any atom is -0.368 e. The van der Waals surface area contributed by atoms with E-state index in [0.717, 1.165) is 0 Å². The highest BCUT2D eigenvalue weighted by atomic mass is 35.5. The summed E-state index contributed by atoms with van der Waals surface area (Å²) in [5, 5.41) is 0. The summed E-state index contributed by atoms with van der Waals surface area (Å²) in [5.74, 6) is -0.519. The Morgan fingerprint density at radius 3 is 1.90 bits per heavy atom. The summed E-state index contributed by atoms with van der Waals surface area (Å²) in [7, 11) is 0. The summed E-state index contributed by atoms with van der Waals surface area (Å²) in [6.45, 7) is 3.48. The molecule has 0 saturated heterocycles. The number of rotatable bonds is 2. The zero-order chi connectivity index (χ0) is 7.65. The maximum Gasteiger partial charge on any atom is 0.235 e. The number of carbonyl (C=O) groups is 1. The minimum atomic E-state index is -0.680. The summed E-state index contributed by atoms with van der Waals surface area (Å²) < 4.78 is -0.522. The number of halogens is 1. The van der Waals surface area contributed by atoms with Gasteiger partial charge in [-0.3, -0.25) is 4.79 Å².